The Balaban J connectivity index is 1.41. The maximum atomic E-state index is 11.1. The number of hydrogen-bond donors (Lipinski definition) is 1. The molecule has 28 heavy (non-hydrogen) atoms. The third-order valence-electron chi connectivity index (χ3n) is 5.12. The zero-order chi connectivity index (χ0) is 19.5. The van der Waals surface area contributed by atoms with Crippen LogP contribution in [0, 0.1) is 6.92 Å². The molecule has 0 aliphatic heterocycles. The van der Waals surface area contributed by atoms with Crippen LogP contribution in [-0.2, 0) is 13.1 Å². The highest BCUT2D eigenvalue weighted by Crippen LogP contribution is 2.28. The van der Waals surface area contributed by atoms with E-state index >= 15 is 0 Å². The van der Waals surface area contributed by atoms with E-state index in [0.717, 1.165) is 19.6 Å². The molecular weight excluding hydrogens is 352 g/mol. The molecule has 0 spiro atoms. The first-order valence-corrected chi connectivity index (χ1v) is 9.59. The summed E-state index contributed by atoms with van der Waals surface area (Å²) in [7, 11) is 0. The average Bonchev–Trinajstić information content (AvgIpc) is 3.44. The zero-order valence-electron chi connectivity index (χ0n) is 16.0. The highest BCUT2D eigenvalue weighted by molar-refractivity contribution is 5.88. The Morgan fingerprint density at radius 1 is 1.18 bits per heavy atom. The molecular formula is C22H24N4O2. The van der Waals surface area contributed by atoms with Crippen LogP contribution in [0.25, 0.3) is 11.4 Å². The highest BCUT2D eigenvalue weighted by Gasteiger charge is 2.28. The van der Waals surface area contributed by atoms with Gasteiger partial charge in [-0.25, -0.2) is 9.78 Å². The molecule has 2 heterocycles. The molecule has 0 saturated heterocycles. The van der Waals surface area contributed by atoms with E-state index in [0.29, 0.717) is 17.4 Å². The van der Waals surface area contributed by atoms with Gasteiger partial charge >= 0.3 is 5.97 Å². The van der Waals surface area contributed by atoms with Crippen molar-refractivity contribution in [2.75, 3.05) is 6.54 Å². The van der Waals surface area contributed by atoms with Gasteiger partial charge in [-0.05, 0) is 37.5 Å². The van der Waals surface area contributed by atoms with E-state index in [1.807, 2.05) is 6.20 Å². The van der Waals surface area contributed by atoms with Gasteiger partial charge in [0.15, 0.2) is 0 Å². The van der Waals surface area contributed by atoms with Gasteiger partial charge in [-0.1, -0.05) is 29.8 Å². The number of carboxylic acid groups (broad SMARTS) is 1. The number of aromatic carboxylic acids is 1. The molecule has 0 unspecified atom stereocenters. The molecule has 144 valence electrons. The summed E-state index contributed by atoms with van der Waals surface area (Å²) < 4.78 is 2.05. The number of carbonyl (C=O) groups is 1. The molecule has 0 radical (unpaired) electrons. The molecule has 6 nitrogen and oxygen atoms in total. The van der Waals surface area contributed by atoms with Gasteiger partial charge in [-0.3, -0.25) is 9.88 Å². The van der Waals surface area contributed by atoms with Gasteiger partial charge in [0.25, 0.3) is 0 Å². The van der Waals surface area contributed by atoms with E-state index in [1.54, 1.807) is 12.4 Å². The second-order valence-corrected chi connectivity index (χ2v) is 7.42. The van der Waals surface area contributed by atoms with E-state index in [1.165, 1.54) is 36.2 Å². The van der Waals surface area contributed by atoms with Gasteiger partial charge in [-0.2, -0.15) is 0 Å². The van der Waals surface area contributed by atoms with Crippen molar-refractivity contribution in [2.24, 2.45) is 0 Å². The van der Waals surface area contributed by atoms with Crippen molar-refractivity contribution in [3.63, 3.8) is 0 Å². The van der Waals surface area contributed by atoms with Gasteiger partial charge in [0.05, 0.1) is 17.6 Å². The Labute approximate surface area is 164 Å². The van der Waals surface area contributed by atoms with Gasteiger partial charge in [0.1, 0.15) is 5.69 Å². The minimum absolute atomic E-state index is 0.220. The number of benzene rings is 1. The molecule has 1 aliphatic rings. The lowest BCUT2D eigenvalue weighted by Crippen LogP contribution is -2.29. The molecule has 1 saturated carbocycles. The zero-order valence-corrected chi connectivity index (χ0v) is 16.0. The maximum absolute atomic E-state index is 11.1. The van der Waals surface area contributed by atoms with E-state index in [4.69, 9.17) is 5.11 Å². The smallest absolute Gasteiger partial charge is 0.335 e. The number of aromatic nitrogens is 3. The normalized spacial score (nSPS) is 13.8. The number of pyridine rings is 1. The highest BCUT2D eigenvalue weighted by atomic mass is 16.4. The molecule has 0 atom stereocenters. The van der Waals surface area contributed by atoms with Crippen LogP contribution in [0.15, 0.2) is 55.1 Å². The lowest BCUT2D eigenvalue weighted by Gasteiger charge is -2.22. The molecule has 0 amide bonds. The molecule has 0 bridgehead atoms. The summed E-state index contributed by atoms with van der Waals surface area (Å²) in [5, 5.41) is 9.14. The summed E-state index contributed by atoms with van der Waals surface area (Å²) in [6.07, 6.45) is 7.78. The predicted molar refractivity (Wildman–Crippen MR) is 107 cm³/mol. The third-order valence-corrected chi connectivity index (χ3v) is 5.12. The lowest BCUT2D eigenvalue weighted by atomic mass is 10.1. The van der Waals surface area contributed by atoms with E-state index in [-0.39, 0.29) is 5.56 Å². The lowest BCUT2D eigenvalue weighted by molar-refractivity contribution is 0.0697. The summed E-state index contributed by atoms with van der Waals surface area (Å²) >= 11 is 0. The number of carboxylic acids is 1. The molecule has 6 heteroatoms. The van der Waals surface area contributed by atoms with Crippen LogP contribution in [0.3, 0.4) is 0 Å². The van der Waals surface area contributed by atoms with Crippen LogP contribution in [0.5, 0.6) is 0 Å². The molecule has 1 fully saturated rings. The second-order valence-electron chi connectivity index (χ2n) is 7.42. The molecule has 1 N–H and O–H groups in total. The van der Waals surface area contributed by atoms with Crippen molar-refractivity contribution in [1.82, 2.24) is 19.4 Å². The Morgan fingerprint density at radius 2 is 1.96 bits per heavy atom. The van der Waals surface area contributed by atoms with E-state index in [2.05, 4.69) is 50.6 Å². The van der Waals surface area contributed by atoms with Gasteiger partial charge in [0, 0.05) is 38.1 Å². The van der Waals surface area contributed by atoms with Crippen LogP contribution < -0.4 is 0 Å². The summed E-state index contributed by atoms with van der Waals surface area (Å²) in [6, 6.07) is 12.5. The van der Waals surface area contributed by atoms with E-state index in [9.17, 15) is 4.79 Å². The largest absolute Gasteiger partial charge is 0.478 e. The van der Waals surface area contributed by atoms with Crippen LogP contribution in [0.1, 0.15) is 34.3 Å². The fourth-order valence-corrected chi connectivity index (χ4v) is 3.32. The fourth-order valence-electron chi connectivity index (χ4n) is 3.32. The SMILES string of the molecule is Cc1ccc(CN(CCn2cnc(-c3cc(C(=O)O)ccn3)c2)C2CC2)cc1. The van der Waals surface area contributed by atoms with Crippen molar-refractivity contribution in [3.05, 3.63) is 71.8 Å². The molecule has 1 aliphatic carbocycles. The van der Waals surface area contributed by atoms with Crippen LogP contribution in [0.4, 0.5) is 0 Å². The summed E-state index contributed by atoms with van der Waals surface area (Å²) in [5.41, 5.74) is 4.13. The van der Waals surface area contributed by atoms with Gasteiger partial charge in [0.2, 0.25) is 0 Å². The first-order valence-electron chi connectivity index (χ1n) is 9.59. The average molecular weight is 376 g/mol. The summed E-state index contributed by atoms with van der Waals surface area (Å²) in [5.74, 6) is -0.959. The number of nitrogens with zero attached hydrogens (tertiary/aromatic N) is 4. The Bertz CT molecular complexity index is 961. The minimum Gasteiger partial charge on any atom is -0.478 e. The maximum Gasteiger partial charge on any atom is 0.335 e. The molecule has 2 aromatic heterocycles. The van der Waals surface area contributed by atoms with Crippen molar-refractivity contribution in [2.45, 2.75) is 38.9 Å². The third kappa shape index (κ3) is 4.46. The van der Waals surface area contributed by atoms with Crippen LogP contribution in [-0.4, -0.2) is 43.1 Å². The monoisotopic (exact) mass is 376 g/mol. The van der Waals surface area contributed by atoms with Crippen molar-refractivity contribution < 1.29 is 9.90 Å². The Morgan fingerprint density at radius 3 is 2.68 bits per heavy atom. The fraction of sp³-hybridized carbons (Fsp3) is 0.318. The van der Waals surface area contributed by atoms with Crippen LogP contribution >= 0.6 is 0 Å². The van der Waals surface area contributed by atoms with Crippen molar-refractivity contribution >= 4 is 5.97 Å². The first-order chi connectivity index (χ1) is 13.6. The molecule has 3 aromatic rings. The standard InChI is InChI=1S/C22H24N4O2/c1-16-2-4-17(5-3-16)13-26(19-6-7-19)11-10-25-14-21(24-15-25)20-12-18(22(27)28)8-9-23-20/h2-5,8-9,12,14-15,19H,6-7,10-11,13H2,1H3,(H,27,28). The second kappa shape index (κ2) is 7.94. The van der Waals surface area contributed by atoms with Crippen molar-refractivity contribution in [3.8, 4) is 11.4 Å². The molecule has 4 rings (SSSR count). The number of rotatable bonds is 8. The van der Waals surface area contributed by atoms with Gasteiger partial charge < -0.3 is 9.67 Å². The Kier molecular flexibility index (Phi) is 5.21. The van der Waals surface area contributed by atoms with Crippen LogP contribution in [0.2, 0.25) is 0 Å². The summed E-state index contributed by atoms with van der Waals surface area (Å²) in [4.78, 5) is 22.3. The first kappa shape index (κ1) is 18.4. The predicted octanol–water partition coefficient (Wildman–Crippen LogP) is 3.62. The Hall–Kier alpha value is -2.99. The topological polar surface area (TPSA) is 71.2 Å². The number of hydrogen-bond acceptors (Lipinski definition) is 4. The van der Waals surface area contributed by atoms with Crippen molar-refractivity contribution in [1.29, 1.82) is 0 Å². The molecule has 1 aromatic carbocycles. The summed E-state index contributed by atoms with van der Waals surface area (Å²) in [6.45, 7) is 4.87. The number of aryl methyl sites for hydroxylation is 1. The number of imidazole rings is 1. The quantitative estimate of drug-likeness (QED) is 0.650. The van der Waals surface area contributed by atoms with E-state index < -0.39 is 5.97 Å². The minimum atomic E-state index is -0.959. The van der Waals surface area contributed by atoms with Gasteiger partial charge in [-0.15, -0.1) is 0 Å².